The lowest BCUT2D eigenvalue weighted by atomic mass is 10.1. The van der Waals surface area contributed by atoms with Crippen molar-refractivity contribution in [1.29, 1.82) is 0 Å². The first-order valence-corrected chi connectivity index (χ1v) is 4.90. The van der Waals surface area contributed by atoms with Crippen molar-refractivity contribution in [3.63, 3.8) is 0 Å². The molecular weight excluding hydrogens is 216 g/mol. The van der Waals surface area contributed by atoms with Gasteiger partial charge in [-0.3, -0.25) is 4.79 Å². The van der Waals surface area contributed by atoms with Gasteiger partial charge in [-0.1, -0.05) is 12.1 Å². The molecule has 0 aliphatic rings. The molecule has 1 rings (SSSR count). The van der Waals surface area contributed by atoms with E-state index in [-0.39, 0.29) is 17.0 Å². The molecule has 0 radical (unpaired) electrons. The number of alkyl halides is 2. The summed E-state index contributed by atoms with van der Waals surface area (Å²) in [5, 5.41) is 11.7. The Hall–Kier alpha value is -1.49. The summed E-state index contributed by atoms with van der Waals surface area (Å²) >= 11 is 0. The fourth-order valence-electron chi connectivity index (χ4n) is 1.27. The van der Waals surface area contributed by atoms with Crippen LogP contribution in [0.2, 0.25) is 0 Å². The Morgan fingerprint density at radius 3 is 2.75 bits per heavy atom. The van der Waals surface area contributed by atoms with Crippen LogP contribution in [0.5, 0.6) is 0 Å². The number of rotatable bonds is 4. The molecule has 0 saturated carbocycles. The van der Waals surface area contributed by atoms with Crippen LogP contribution < -0.4 is 5.32 Å². The highest BCUT2D eigenvalue weighted by Crippen LogP contribution is 2.20. The minimum atomic E-state index is -2.86. The zero-order valence-corrected chi connectivity index (χ0v) is 8.78. The average molecular weight is 229 g/mol. The smallest absolute Gasteiger partial charge is 0.268 e. The Kier molecular flexibility index (Phi) is 4.37. The topological polar surface area (TPSA) is 49.3 Å². The lowest BCUT2D eigenvalue weighted by Crippen LogP contribution is -2.23. The lowest BCUT2D eigenvalue weighted by molar-refractivity contribution is -0.00581. The van der Waals surface area contributed by atoms with E-state index in [0.29, 0.717) is 6.54 Å². The quantitative estimate of drug-likeness (QED) is 0.826. The zero-order valence-electron chi connectivity index (χ0n) is 8.78. The molecule has 0 fully saturated rings. The van der Waals surface area contributed by atoms with Crippen molar-refractivity contribution in [2.75, 3.05) is 6.54 Å². The van der Waals surface area contributed by atoms with Crippen LogP contribution >= 0.6 is 0 Å². The third-order valence-corrected chi connectivity index (χ3v) is 2.07. The number of amides is 1. The molecule has 88 valence electrons. The van der Waals surface area contributed by atoms with E-state index in [2.05, 4.69) is 5.32 Å². The Bertz CT molecular complexity index is 369. The van der Waals surface area contributed by atoms with Gasteiger partial charge in [0.2, 0.25) is 0 Å². The summed E-state index contributed by atoms with van der Waals surface area (Å²) in [7, 11) is 0. The van der Waals surface area contributed by atoms with Crippen LogP contribution in [0, 0.1) is 0 Å². The fraction of sp³-hybridized carbons (Fsp3) is 0.364. The number of aliphatic hydroxyl groups excluding tert-OH is 1. The Balaban J connectivity index is 2.90. The van der Waals surface area contributed by atoms with E-state index in [9.17, 15) is 13.6 Å². The largest absolute Gasteiger partial charge is 0.382 e. The molecule has 1 unspecified atom stereocenters. The van der Waals surface area contributed by atoms with E-state index in [4.69, 9.17) is 5.11 Å². The molecule has 0 saturated heterocycles. The summed E-state index contributed by atoms with van der Waals surface area (Å²) < 4.78 is 24.5. The molecule has 0 aliphatic heterocycles. The van der Waals surface area contributed by atoms with Crippen molar-refractivity contribution in [2.45, 2.75) is 19.5 Å². The second kappa shape index (κ2) is 5.55. The van der Waals surface area contributed by atoms with Crippen LogP contribution in [0.25, 0.3) is 0 Å². The first-order valence-electron chi connectivity index (χ1n) is 4.90. The van der Waals surface area contributed by atoms with Gasteiger partial charge in [0.25, 0.3) is 12.3 Å². The number of benzene rings is 1. The molecule has 1 aromatic rings. The third-order valence-electron chi connectivity index (χ3n) is 2.07. The number of carbonyl (C=O) groups excluding carboxylic acids is 1. The Labute approximate surface area is 92.1 Å². The Morgan fingerprint density at radius 2 is 2.19 bits per heavy atom. The molecule has 1 atom stereocenters. The third kappa shape index (κ3) is 3.00. The maximum atomic E-state index is 12.2. The van der Waals surface area contributed by atoms with E-state index >= 15 is 0 Å². The van der Waals surface area contributed by atoms with Gasteiger partial charge in [0.1, 0.15) is 6.10 Å². The van der Waals surface area contributed by atoms with Gasteiger partial charge in [-0.2, -0.15) is 0 Å². The van der Waals surface area contributed by atoms with Gasteiger partial charge in [0, 0.05) is 12.1 Å². The van der Waals surface area contributed by atoms with Crippen LogP contribution in [0.15, 0.2) is 24.3 Å². The minimum absolute atomic E-state index is 0.0405. The first-order chi connectivity index (χ1) is 7.56. The lowest BCUT2D eigenvalue weighted by Gasteiger charge is -2.10. The second-order valence-electron chi connectivity index (χ2n) is 3.26. The number of halogens is 2. The summed E-state index contributed by atoms with van der Waals surface area (Å²) in [5.41, 5.74) is 0.304. The molecule has 1 aromatic carbocycles. The summed E-state index contributed by atoms with van der Waals surface area (Å²) in [5.74, 6) is -0.342. The number of nitrogens with one attached hydrogen (secondary N) is 1. The van der Waals surface area contributed by atoms with Gasteiger partial charge in [0.05, 0.1) is 0 Å². The summed E-state index contributed by atoms with van der Waals surface area (Å²) in [6, 6.07) is 5.60. The minimum Gasteiger partial charge on any atom is -0.382 e. The van der Waals surface area contributed by atoms with E-state index in [1.165, 1.54) is 24.3 Å². The van der Waals surface area contributed by atoms with Gasteiger partial charge in [-0.25, -0.2) is 8.78 Å². The molecule has 0 heterocycles. The number of aliphatic hydroxyl groups is 1. The van der Waals surface area contributed by atoms with Crippen molar-refractivity contribution >= 4 is 5.91 Å². The molecule has 0 bridgehead atoms. The van der Waals surface area contributed by atoms with Gasteiger partial charge >= 0.3 is 0 Å². The molecule has 0 aromatic heterocycles. The van der Waals surface area contributed by atoms with Crippen LogP contribution in [0.4, 0.5) is 8.78 Å². The second-order valence-corrected chi connectivity index (χ2v) is 3.26. The van der Waals surface area contributed by atoms with E-state index in [0.717, 1.165) is 0 Å². The van der Waals surface area contributed by atoms with Gasteiger partial charge in [-0.05, 0) is 24.6 Å². The highest BCUT2D eigenvalue weighted by molar-refractivity contribution is 5.94. The molecule has 0 aliphatic carbocycles. The maximum absolute atomic E-state index is 12.2. The van der Waals surface area contributed by atoms with Crippen LogP contribution in [-0.4, -0.2) is 24.0 Å². The molecule has 2 N–H and O–H groups in total. The maximum Gasteiger partial charge on any atom is 0.268 e. The van der Waals surface area contributed by atoms with Crippen molar-refractivity contribution in [1.82, 2.24) is 5.32 Å². The zero-order chi connectivity index (χ0) is 12.1. The average Bonchev–Trinajstić information content (AvgIpc) is 2.28. The molecule has 0 spiro atoms. The van der Waals surface area contributed by atoms with Crippen molar-refractivity contribution in [2.24, 2.45) is 0 Å². The molecule has 3 nitrogen and oxygen atoms in total. The summed E-state index contributed by atoms with van der Waals surface area (Å²) in [4.78, 5) is 11.4. The Morgan fingerprint density at radius 1 is 1.50 bits per heavy atom. The number of hydrogen-bond donors (Lipinski definition) is 2. The van der Waals surface area contributed by atoms with Crippen LogP contribution in [0.3, 0.4) is 0 Å². The van der Waals surface area contributed by atoms with Crippen molar-refractivity contribution in [3.8, 4) is 0 Å². The van der Waals surface area contributed by atoms with E-state index < -0.39 is 12.5 Å². The first kappa shape index (κ1) is 12.6. The van der Waals surface area contributed by atoms with E-state index in [1.807, 2.05) is 0 Å². The number of carbonyl (C=O) groups is 1. The standard InChI is InChI=1S/C11H13F2NO2/c1-2-14-11(16)8-5-3-4-7(6-8)9(15)10(12)13/h3-6,9-10,15H,2H2,1H3,(H,14,16). The predicted octanol–water partition coefficient (Wildman–Crippen LogP) is 1.73. The predicted molar refractivity (Wildman–Crippen MR) is 55.4 cm³/mol. The van der Waals surface area contributed by atoms with Crippen LogP contribution in [0.1, 0.15) is 28.9 Å². The van der Waals surface area contributed by atoms with Crippen molar-refractivity contribution < 1.29 is 18.7 Å². The van der Waals surface area contributed by atoms with Crippen molar-refractivity contribution in [3.05, 3.63) is 35.4 Å². The molecule has 1 amide bonds. The fourth-order valence-corrected chi connectivity index (χ4v) is 1.27. The summed E-state index contributed by atoms with van der Waals surface area (Å²) in [6.45, 7) is 2.22. The summed E-state index contributed by atoms with van der Waals surface area (Å²) in [6.07, 6.45) is -4.71. The molecule has 5 heteroatoms. The SMILES string of the molecule is CCNC(=O)c1cccc(C(O)C(F)F)c1. The highest BCUT2D eigenvalue weighted by atomic mass is 19.3. The molecular formula is C11H13F2NO2. The van der Waals surface area contributed by atoms with Crippen LogP contribution in [-0.2, 0) is 0 Å². The van der Waals surface area contributed by atoms with Gasteiger partial charge in [-0.15, -0.1) is 0 Å². The van der Waals surface area contributed by atoms with Gasteiger partial charge < -0.3 is 10.4 Å². The normalized spacial score (nSPS) is 12.6. The monoisotopic (exact) mass is 229 g/mol. The van der Waals surface area contributed by atoms with E-state index in [1.54, 1.807) is 6.92 Å². The number of hydrogen-bond acceptors (Lipinski definition) is 2. The van der Waals surface area contributed by atoms with Gasteiger partial charge in [0.15, 0.2) is 0 Å². The highest BCUT2D eigenvalue weighted by Gasteiger charge is 2.19. The molecule has 16 heavy (non-hydrogen) atoms.